The lowest BCUT2D eigenvalue weighted by atomic mass is 10.1. The predicted octanol–water partition coefficient (Wildman–Crippen LogP) is 1.26. The Morgan fingerprint density at radius 3 is 1.69 bits per heavy atom. The molecule has 0 saturated heterocycles. The zero-order chi connectivity index (χ0) is 10.5. The molecule has 0 rings (SSSR count). The number of rotatable bonds is 6. The smallest absolute Gasteiger partial charge is 0.402 e. The highest BCUT2D eigenvalue weighted by Gasteiger charge is 1.92. The monoisotopic (exact) mass is 194 g/mol. The third-order valence-corrected chi connectivity index (χ3v) is 1.49. The number of hydrogen-bond donors (Lipinski definition) is 3. The molecule has 0 heterocycles. The number of hydrogen-bond acceptors (Lipinski definition) is 3. The van der Waals surface area contributed by atoms with Crippen LogP contribution in [0.2, 0.25) is 0 Å². The number of alkyl halides is 1. The molecule has 0 unspecified atom stereocenters. The van der Waals surface area contributed by atoms with Gasteiger partial charge in [-0.2, -0.15) is 0 Å². The third-order valence-electron chi connectivity index (χ3n) is 1.49. The van der Waals surface area contributed by atoms with Crippen LogP contribution in [0.15, 0.2) is 0 Å². The first-order chi connectivity index (χ1) is 6.15. The normalized spacial score (nSPS) is 9.00. The Labute approximate surface area is 79.8 Å². The average Bonchev–Trinajstić information content (AvgIpc) is 2.03. The molecule has 3 N–H and O–H groups in total. The second-order valence-corrected chi connectivity index (χ2v) is 2.80. The van der Waals surface area contributed by atoms with Crippen molar-refractivity contribution in [3.05, 3.63) is 0 Å². The molecule has 0 aliphatic heterocycles. The molecule has 0 aromatic rings. The van der Waals surface area contributed by atoms with Crippen LogP contribution in [0, 0.1) is 0 Å². The standard InChI is InChI=1S/C8H17F.BH3O3/c1-2-3-4-5-6-7-8-9;2-1(3)4/h2-8H2,1H3;2-4H. The number of halogens is 1. The van der Waals surface area contributed by atoms with Crippen LogP contribution in [0.3, 0.4) is 0 Å². The number of unbranched alkanes of at least 4 members (excludes halogenated alkanes) is 5. The van der Waals surface area contributed by atoms with E-state index >= 15 is 0 Å². The van der Waals surface area contributed by atoms with E-state index in [0.29, 0.717) is 0 Å². The van der Waals surface area contributed by atoms with Crippen molar-refractivity contribution in [1.82, 2.24) is 0 Å². The molecule has 0 saturated carbocycles. The molecule has 0 atom stereocenters. The van der Waals surface area contributed by atoms with Gasteiger partial charge in [0, 0.05) is 0 Å². The topological polar surface area (TPSA) is 60.7 Å². The highest BCUT2D eigenvalue weighted by molar-refractivity contribution is 6.30. The van der Waals surface area contributed by atoms with Crippen LogP contribution in [0.1, 0.15) is 45.4 Å². The van der Waals surface area contributed by atoms with Gasteiger partial charge in [0.2, 0.25) is 0 Å². The molecule has 0 radical (unpaired) electrons. The molecule has 0 bridgehead atoms. The Balaban J connectivity index is 0. The van der Waals surface area contributed by atoms with E-state index in [-0.39, 0.29) is 6.67 Å². The quantitative estimate of drug-likeness (QED) is 0.440. The summed E-state index contributed by atoms with van der Waals surface area (Å²) < 4.78 is 11.5. The fraction of sp³-hybridized carbons (Fsp3) is 1.00. The molecule has 13 heavy (non-hydrogen) atoms. The van der Waals surface area contributed by atoms with E-state index in [1.54, 1.807) is 0 Å². The zero-order valence-corrected chi connectivity index (χ0v) is 8.25. The van der Waals surface area contributed by atoms with Gasteiger partial charge in [-0.3, -0.25) is 4.39 Å². The zero-order valence-electron chi connectivity index (χ0n) is 8.25. The average molecular weight is 194 g/mol. The van der Waals surface area contributed by atoms with Crippen molar-refractivity contribution in [2.45, 2.75) is 45.4 Å². The molecule has 0 amide bonds. The van der Waals surface area contributed by atoms with E-state index in [1.165, 1.54) is 25.7 Å². The fourth-order valence-electron chi connectivity index (χ4n) is 0.875. The Bertz CT molecular complexity index is 75.0. The molecule has 0 fully saturated rings. The molecule has 3 nitrogen and oxygen atoms in total. The van der Waals surface area contributed by atoms with Gasteiger partial charge in [0.15, 0.2) is 0 Å². The van der Waals surface area contributed by atoms with Crippen LogP contribution < -0.4 is 0 Å². The minimum Gasteiger partial charge on any atom is -0.402 e. The van der Waals surface area contributed by atoms with Crippen molar-refractivity contribution < 1.29 is 19.5 Å². The highest BCUT2D eigenvalue weighted by Crippen LogP contribution is 2.04. The van der Waals surface area contributed by atoms with Gasteiger partial charge in [-0.25, -0.2) is 0 Å². The van der Waals surface area contributed by atoms with E-state index in [1.807, 2.05) is 0 Å². The highest BCUT2D eigenvalue weighted by atomic mass is 19.1. The maximum atomic E-state index is 11.5. The van der Waals surface area contributed by atoms with Crippen LogP contribution in [-0.2, 0) is 0 Å². The van der Waals surface area contributed by atoms with Gasteiger partial charge in [-0.1, -0.05) is 39.0 Å². The lowest BCUT2D eigenvalue weighted by Crippen LogP contribution is -2.07. The van der Waals surface area contributed by atoms with Gasteiger partial charge in [-0.15, -0.1) is 0 Å². The molecule has 0 aliphatic rings. The largest absolute Gasteiger partial charge is 0.631 e. The molecular formula is C8H20BFO3. The SMILES string of the molecule is CCCCCCCCF.OB(O)O. The molecule has 0 aromatic carbocycles. The van der Waals surface area contributed by atoms with Gasteiger partial charge in [0.25, 0.3) is 0 Å². The van der Waals surface area contributed by atoms with E-state index in [9.17, 15) is 4.39 Å². The first kappa shape index (κ1) is 15.4. The summed E-state index contributed by atoms with van der Waals surface area (Å²) in [6.45, 7) is 2.06. The summed E-state index contributed by atoms with van der Waals surface area (Å²) >= 11 is 0. The lowest BCUT2D eigenvalue weighted by molar-refractivity contribution is 0.278. The second-order valence-electron chi connectivity index (χ2n) is 2.80. The maximum absolute atomic E-state index is 11.5. The summed E-state index contributed by atoms with van der Waals surface area (Å²) in [5.74, 6) is 0. The van der Waals surface area contributed by atoms with Gasteiger partial charge in [-0.05, 0) is 6.42 Å². The molecular weight excluding hydrogens is 174 g/mol. The van der Waals surface area contributed by atoms with Gasteiger partial charge in [0.1, 0.15) is 0 Å². The van der Waals surface area contributed by atoms with Gasteiger partial charge >= 0.3 is 7.32 Å². The summed E-state index contributed by atoms with van der Waals surface area (Å²) in [6.07, 6.45) is 6.94. The first-order valence-electron chi connectivity index (χ1n) is 4.75. The van der Waals surface area contributed by atoms with Crippen molar-refractivity contribution in [2.24, 2.45) is 0 Å². The molecule has 0 aromatic heterocycles. The minimum absolute atomic E-state index is 0.133. The van der Waals surface area contributed by atoms with E-state index in [4.69, 9.17) is 15.1 Å². The molecule has 5 heteroatoms. The van der Waals surface area contributed by atoms with Gasteiger partial charge in [0.05, 0.1) is 6.67 Å². The van der Waals surface area contributed by atoms with Crippen LogP contribution >= 0.6 is 0 Å². The van der Waals surface area contributed by atoms with Crippen molar-refractivity contribution >= 4 is 7.32 Å². The molecule has 0 spiro atoms. The predicted molar refractivity (Wildman–Crippen MR) is 51.8 cm³/mol. The summed E-state index contributed by atoms with van der Waals surface area (Å²) in [5, 5.41) is 21.5. The molecule has 80 valence electrons. The van der Waals surface area contributed by atoms with E-state index < -0.39 is 7.32 Å². The first-order valence-corrected chi connectivity index (χ1v) is 4.75. The third kappa shape index (κ3) is 33.6. The van der Waals surface area contributed by atoms with Crippen molar-refractivity contribution in [3.63, 3.8) is 0 Å². The fourth-order valence-corrected chi connectivity index (χ4v) is 0.875. The Kier molecular flexibility index (Phi) is 17.0. The maximum Gasteiger partial charge on any atom is 0.631 e. The van der Waals surface area contributed by atoms with E-state index in [2.05, 4.69) is 6.92 Å². The van der Waals surface area contributed by atoms with Crippen LogP contribution in [-0.4, -0.2) is 29.1 Å². The van der Waals surface area contributed by atoms with Crippen molar-refractivity contribution in [2.75, 3.05) is 6.67 Å². The second kappa shape index (κ2) is 14.4. The summed E-state index contributed by atoms with van der Waals surface area (Å²) in [4.78, 5) is 0. The van der Waals surface area contributed by atoms with Crippen LogP contribution in [0.5, 0.6) is 0 Å². The summed E-state index contributed by atoms with van der Waals surface area (Å²) in [6, 6.07) is 0. The summed E-state index contributed by atoms with van der Waals surface area (Å²) in [7, 11) is -2.17. The summed E-state index contributed by atoms with van der Waals surface area (Å²) in [5.41, 5.74) is 0. The van der Waals surface area contributed by atoms with E-state index in [0.717, 1.165) is 12.8 Å². The van der Waals surface area contributed by atoms with Crippen LogP contribution in [0.25, 0.3) is 0 Å². The van der Waals surface area contributed by atoms with Crippen LogP contribution in [0.4, 0.5) is 4.39 Å². The molecule has 0 aliphatic carbocycles. The van der Waals surface area contributed by atoms with Crippen molar-refractivity contribution in [1.29, 1.82) is 0 Å². The lowest BCUT2D eigenvalue weighted by Gasteiger charge is -1.95. The Morgan fingerprint density at radius 1 is 0.923 bits per heavy atom. The van der Waals surface area contributed by atoms with Gasteiger partial charge < -0.3 is 15.1 Å². The van der Waals surface area contributed by atoms with Crippen molar-refractivity contribution in [3.8, 4) is 0 Å². The Morgan fingerprint density at radius 2 is 1.31 bits per heavy atom. The minimum atomic E-state index is -2.17. The Hall–Kier alpha value is -0.125.